The van der Waals surface area contributed by atoms with Crippen LogP contribution in [0.4, 0.5) is 0 Å². The molecule has 0 saturated carbocycles. The van der Waals surface area contributed by atoms with Gasteiger partial charge >= 0.3 is 5.97 Å². The highest BCUT2D eigenvalue weighted by Gasteiger charge is 2.28. The molecule has 0 spiro atoms. The van der Waals surface area contributed by atoms with E-state index in [2.05, 4.69) is 6.58 Å². The lowest BCUT2D eigenvalue weighted by Crippen LogP contribution is -2.22. The van der Waals surface area contributed by atoms with Gasteiger partial charge in [0, 0.05) is 38.0 Å². The molecule has 0 radical (unpaired) electrons. The highest BCUT2D eigenvalue weighted by atomic mass is 32.2. The van der Waals surface area contributed by atoms with E-state index < -0.39 is 12.1 Å². The van der Waals surface area contributed by atoms with Crippen LogP contribution in [0, 0.1) is 6.92 Å². The van der Waals surface area contributed by atoms with E-state index in [9.17, 15) is 9.59 Å². The number of hydrogen-bond donors (Lipinski definition) is 0. The molecule has 2 aromatic carbocycles. The predicted molar refractivity (Wildman–Crippen MR) is 136 cm³/mol. The van der Waals surface area contributed by atoms with Crippen molar-refractivity contribution < 1.29 is 33.3 Å². The first-order chi connectivity index (χ1) is 16.8. The van der Waals surface area contributed by atoms with E-state index in [1.807, 2.05) is 37.3 Å². The Hall–Kier alpha value is -2.81. The van der Waals surface area contributed by atoms with Gasteiger partial charge in [-0.3, -0.25) is 4.79 Å². The van der Waals surface area contributed by atoms with Gasteiger partial charge in [0.15, 0.2) is 13.6 Å². The number of rotatable bonds is 15. The second kappa shape index (κ2) is 14.6. The van der Waals surface area contributed by atoms with Gasteiger partial charge in [-0.25, -0.2) is 4.79 Å². The van der Waals surface area contributed by atoms with E-state index >= 15 is 0 Å². The number of ketones is 1. The first-order valence-electron chi connectivity index (χ1n) is 11.3. The Labute approximate surface area is 211 Å². The molecule has 35 heavy (non-hydrogen) atoms. The molecule has 2 atom stereocenters. The fourth-order valence-electron chi connectivity index (χ4n) is 3.35. The quantitative estimate of drug-likeness (QED) is 0.139. The topological polar surface area (TPSA) is 80.3 Å². The number of methoxy groups -OCH3 is 2. The summed E-state index contributed by atoms with van der Waals surface area (Å²) in [5.41, 5.74) is 1.32. The normalized spacial score (nSPS) is 12.5. The molecule has 7 nitrogen and oxygen atoms in total. The van der Waals surface area contributed by atoms with Gasteiger partial charge in [0.05, 0.1) is 5.25 Å². The SMILES string of the molecule is C=CCC(C)OC(=O)c1c(OCOC)cc(OCOC)c(C)c1CC(=O)C(C)Sc1ccccc1. The first kappa shape index (κ1) is 28.4. The van der Waals surface area contributed by atoms with Crippen molar-refractivity contribution in [3.63, 3.8) is 0 Å². The molecule has 0 aromatic heterocycles. The summed E-state index contributed by atoms with van der Waals surface area (Å²) in [6.07, 6.45) is 1.78. The molecule has 0 aliphatic heterocycles. The third-order valence-corrected chi connectivity index (χ3v) is 6.33. The molecule has 0 fully saturated rings. The summed E-state index contributed by atoms with van der Waals surface area (Å²) in [6.45, 7) is 9.03. The third kappa shape index (κ3) is 8.42. The fourth-order valence-corrected chi connectivity index (χ4v) is 4.29. The Morgan fingerprint density at radius 3 is 2.26 bits per heavy atom. The smallest absolute Gasteiger partial charge is 0.342 e. The summed E-state index contributed by atoms with van der Waals surface area (Å²) in [6, 6.07) is 11.3. The van der Waals surface area contributed by atoms with Gasteiger partial charge in [-0.15, -0.1) is 18.3 Å². The maximum atomic E-state index is 13.3. The van der Waals surface area contributed by atoms with Crippen molar-refractivity contribution in [3.8, 4) is 11.5 Å². The van der Waals surface area contributed by atoms with Gasteiger partial charge < -0.3 is 23.7 Å². The number of Topliss-reactive ketones (excluding diaryl/α,β-unsaturated/α-hetero) is 1. The summed E-state index contributed by atoms with van der Waals surface area (Å²) < 4.78 is 27.2. The van der Waals surface area contributed by atoms with Crippen LogP contribution in [0.1, 0.15) is 41.8 Å². The average Bonchev–Trinajstić information content (AvgIpc) is 2.83. The van der Waals surface area contributed by atoms with E-state index in [4.69, 9.17) is 23.7 Å². The summed E-state index contributed by atoms with van der Waals surface area (Å²) in [4.78, 5) is 27.6. The van der Waals surface area contributed by atoms with Crippen molar-refractivity contribution in [2.75, 3.05) is 27.8 Å². The minimum absolute atomic E-state index is 0.000625. The number of hydrogen-bond acceptors (Lipinski definition) is 8. The van der Waals surface area contributed by atoms with E-state index in [0.717, 1.165) is 4.90 Å². The minimum Gasteiger partial charge on any atom is -0.467 e. The van der Waals surface area contributed by atoms with Crippen LogP contribution in [0.2, 0.25) is 0 Å². The predicted octanol–water partition coefficient (Wildman–Crippen LogP) is 5.37. The zero-order chi connectivity index (χ0) is 25.8. The molecule has 0 aliphatic carbocycles. The minimum atomic E-state index is -0.585. The van der Waals surface area contributed by atoms with Gasteiger partial charge in [0.2, 0.25) is 0 Å². The molecule has 0 amide bonds. The van der Waals surface area contributed by atoms with E-state index in [-0.39, 0.29) is 42.4 Å². The Bertz CT molecular complexity index is 991. The molecule has 8 heteroatoms. The van der Waals surface area contributed by atoms with Gasteiger partial charge in [-0.05, 0) is 44.0 Å². The van der Waals surface area contributed by atoms with Crippen LogP contribution in [-0.4, -0.2) is 50.9 Å². The Balaban J connectivity index is 2.49. The Kier molecular flexibility index (Phi) is 11.8. The largest absolute Gasteiger partial charge is 0.467 e. The highest BCUT2D eigenvalue weighted by molar-refractivity contribution is 8.00. The maximum Gasteiger partial charge on any atom is 0.342 e. The van der Waals surface area contributed by atoms with Crippen molar-refractivity contribution >= 4 is 23.5 Å². The van der Waals surface area contributed by atoms with Gasteiger partial charge in [-0.1, -0.05) is 24.3 Å². The van der Waals surface area contributed by atoms with Crippen molar-refractivity contribution in [2.24, 2.45) is 0 Å². The van der Waals surface area contributed by atoms with Crippen molar-refractivity contribution in [2.45, 2.75) is 49.9 Å². The third-order valence-electron chi connectivity index (χ3n) is 5.17. The van der Waals surface area contributed by atoms with Crippen LogP contribution >= 0.6 is 11.8 Å². The van der Waals surface area contributed by atoms with Crippen molar-refractivity contribution in [1.82, 2.24) is 0 Å². The van der Waals surface area contributed by atoms with Crippen LogP contribution in [0.5, 0.6) is 11.5 Å². The van der Waals surface area contributed by atoms with Crippen molar-refractivity contribution in [1.29, 1.82) is 0 Å². The number of carbonyl (C=O) groups excluding carboxylic acids is 2. The maximum absolute atomic E-state index is 13.3. The summed E-state index contributed by atoms with van der Waals surface area (Å²) in [5, 5.41) is -0.341. The van der Waals surface area contributed by atoms with Crippen LogP contribution in [-0.2, 0) is 25.4 Å². The van der Waals surface area contributed by atoms with Crippen molar-refractivity contribution in [3.05, 3.63) is 65.7 Å². The van der Waals surface area contributed by atoms with E-state index in [1.165, 1.54) is 26.0 Å². The fraction of sp³-hybridized carbons (Fsp3) is 0.407. The van der Waals surface area contributed by atoms with Crippen LogP contribution in [0.25, 0.3) is 0 Å². The first-order valence-corrected chi connectivity index (χ1v) is 12.2. The van der Waals surface area contributed by atoms with E-state index in [0.29, 0.717) is 23.3 Å². The van der Waals surface area contributed by atoms with E-state index in [1.54, 1.807) is 26.0 Å². The zero-order valence-electron chi connectivity index (χ0n) is 21.0. The lowest BCUT2D eigenvalue weighted by atomic mass is 9.94. The monoisotopic (exact) mass is 502 g/mol. The van der Waals surface area contributed by atoms with Crippen LogP contribution < -0.4 is 9.47 Å². The Morgan fingerprint density at radius 2 is 1.66 bits per heavy atom. The standard InChI is InChI=1S/C27H34O7S/c1-7-11-18(2)34-27(29)26-22(14-23(28)20(4)35-21-12-9-8-10-13-21)19(3)24(32-16-30-5)15-25(26)33-17-31-6/h7-10,12-13,15,18,20H,1,11,14,16-17H2,2-6H3. The molecular weight excluding hydrogens is 468 g/mol. The second-order valence-corrected chi connectivity index (χ2v) is 9.32. The molecule has 2 aromatic rings. The molecule has 0 saturated heterocycles. The summed E-state index contributed by atoms with van der Waals surface area (Å²) in [5.74, 6) is 0.0278. The van der Waals surface area contributed by atoms with Gasteiger partial charge in [0.25, 0.3) is 0 Å². The number of carbonyl (C=O) groups is 2. The Morgan fingerprint density at radius 1 is 1.03 bits per heavy atom. The molecule has 0 heterocycles. The highest BCUT2D eigenvalue weighted by Crippen LogP contribution is 2.36. The lowest BCUT2D eigenvalue weighted by Gasteiger charge is -2.21. The molecule has 2 rings (SSSR count). The molecule has 190 valence electrons. The summed E-state index contributed by atoms with van der Waals surface area (Å²) >= 11 is 1.47. The number of thioether (sulfide) groups is 1. The molecule has 0 bridgehead atoms. The molecular formula is C27H34O7S. The van der Waals surface area contributed by atoms with Gasteiger partial charge in [-0.2, -0.15) is 0 Å². The number of benzene rings is 2. The number of esters is 1. The summed E-state index contributed by atoms with van der Waals surface area (Å²) in [7, 11) is 2.99. The van der Waals surface area contributed by atoms with Crippen LogP contribution in [0.15, 0.2) is 53.9 Å². The molecule has 0 N–H and O–H groups in total. The lowest BCUT2D eigenvalue weighted by molar-refractivity contribution is -0.117. The van der Waals surface area contributed by atoms with Gasteiger partial charge in [0.1, 0.15) is 28.9 Å². The number of ether oxygens (including phenoxy) is 5. The van der Waals surface area contributed by atoms with Crippen LogP contribution in [0.3, 0.4) is 0 Å². The second-order valence-electron chi connectivity index (χ2n) is 7.91. The molecule has 2 unspecified atom stereocenters. The molecule has 0 aliphatic rings. The average molecular weight is 503 g/mol. The zero-order valence-corrected chi connectivity index (χ0v) is 21.8.